The highest BCUT2D eigenvalue weighted by Gasteiger charge is 2.81. The van der Waals surface area contributed by atoms with E-state index in [-0.39, 0.29) is 6.42 Å². The monoisotopic (exact) mass is 410 g/mol. The van der Waals surface area contributed by atoms with Gasteiger partial charge in [0.1, 0.15) is 5.60 Å². The Morgan fingerprint density at radius 1 is 1.24 bits per heavy atom. The minimum absolute atomic E-state index is 0.138. The Morgan fingerprint density at radius 2 is 1.83 bits per heavy atom. The number of carbonyl (C=O) groups is 2. The van der Waals surface area contributed by atoms with E-state index >= 15 is 0 Å². The van der Waals surface area contributed by atoms with Crippen LogP contribution in [-0.2, 0) is 19.1 Å². The summed E-state index contributed by atoms with van der Waals surface area (Å²) in [5, 5.41) is 34.7. The van der Waals surface area contributed by atoms with Gasteiger partial charge in [0.05, 0.1) is 17.8 Å². The lowest BCUT2D eigenvalue weighted by Crippen LogP contribution is -2.86. The molecule has 0 aromatic rings. The highest BCUT2D eigenvalue weighted by Crippen LogP contribution is 2.66. The molecular weight excluding hydrogens is 376 g/mol. The molecule has 3 N–H and O–H groups in total. The van der Waals surface area contributed by atoms with Crippen LogP contribution in [0, 0.1) is 16.7 Å². The van der Waals surface area contributed by atoms with Crippen LogP contribution in [0.5, 0.6) is 0 Å². The first kappa shape index (κ1) is 22.4. The first-order valence-electron chi connectivity index (χ1n) is 10.2. The van der Waals surface area contributed by atoms with Gasteiger partial charge in [-0.25, -0.2) is 0 Å². The lowest BCUT2D eigenvalue weighted by atomic mass is 9.40. The molecule has 1 heterocycles. The fourth-order valence-corrected chi connectivity index (χ4v) is 6.66. The van der Waals surface area contributed by atoms with Crippen molar-refractivity contribution in [3.8, 4) is 0 Å². The first-order valence-corrected chi connectivity index (χ1v) is 10.2. The number of aliphatic hydroxyl groups excluding tert-OH is 2. The summed E-state index contributed by atoms with van der Waals surface area (Å²) in [4.78, 5) is 25.5. The third-order valence-corrected chi connectivity index (χ3v) is 8.02. The van der Waals surface area contributed by atoms with Crippen LogP contribution < -0.4 is 0 Å². The molecule has 1 saturated heterocycles. The van der Waals surface area contributed by atoms with E-state index in [4.69, 9.17) is 9.47 Å². The molecule has 7 heteroatoms. The molecule has 8 atom stereocenters. The van der Waals surface area contributed by atoms with Crippen LogP contribution in [-0.4, -0.2) is 62.2 Å². The largest absolute Gasteiger partial charge is 0.457 e. The minimum atomic E-state index is -2.18. The number of ketones is 1. The van der Waals surface area contributed by atoms with E-state index in [0.29, 0.717) is 12.8 Å². The summed E-state index contributed by atoms with van der Waals surface area (Å²) >= 11 is 0. The minimum Gasteiger partial charge on any atom is -0.457 e. The van der Waals surface area contributed by atoms with E-state index in [1.807, 2.05) is 13.8 Å². The molecule has 0 amide bonds. The molecule has 3 fully saturated rings. The second-order valence-corrected chi connectivity index (χ2v) is 10.4. The average molecular weight is 411 g/mol. The Labute approximate surface area is 172 Å². The zero-order valence-electron chi connectivity index (χ0n) is 18.2. The van der Waals surface area contributed by atoms with E-state index in [2.05, 4.69) is 6.58 Å². The number of aliphatic hydroxyl groups is 3. The number of esters is 1. The van der Waals surface area contributed by atoms with E-state index in [1.165, 1.54) is 19.9 Å². The van der Waals surface area contributed by atoms with Crippen LogP contribution in [0.1, 0.15) is 60.8 Å². The van der Waals surface area contributed by atoms with Crippen molar-refractivity contribution in [2.75, 3.05) is 0 Å². The fraction of sp³-hybridized carbons (Fsp3) is 0.818. The Bertz CT molecular complexity index is 747. The highest BCUT2D eigenvalue weighted by atomic mass is 16.6. The van der Waals surface area contributed by atoms with E-state index < -0.39 is 63.6 Å². The normalized spacial score (nSPS) is 51.6. The van der Waals surface area contributed by atoms with Gasteiger partial charge in [-0.1, -0.05) is 26.8 Å². The number of hydrogen-bond donors (Lipinski definition) is 3. The number of carbonyl (C=O) groups excluding carboxylic acids is 2. The second kappa shape index (κ2) is 6.36. The first-order chi connectivity index (χ1) is 13.1. The predicted octanol–water partition coefficient (Wildman–Crippen LogP) is 1.52. The van der Waals surface area contributed by atoms with Gasteiger partial charge in [0.2, 0.25) is 0 Å². The van der Waals surface area contributed by atoms with Gasteiger partial charge in [0.25, 0.3) is 0 Å². The van der Waals surface area contributed by atoms with Crippen molar-refractivity contribution in [1.29, 1.82) is 0 Å². The lowest BCUT2D eigenvalue weighted by molar-refractivity contribution is -0.370. The molecular formula is C22H34O7. The van der Waals surface area contributed by atoms with Gasteiger partial charge in [0.15, 0.2) is 17.5 Å². The number of Topliss-reactive ketones (excluding diaryl/α,β-unsaturated/α-hetero) is 1. The van der Waals surface area contributed by atoms with Gasteiger partial charge in [-0.05, 0) is 32.1 Å². The van der Waals surface area contributed by atoms with Crippen molar-refractivity contribution in [1.82, 2.24) is 0 Å². The van der Waals surface area contributed by atoms with E-state index in [1.54, 1.807) is 13.8 Å². The van der Waals surface area contributed by atoms with Crippen molar-refractivity contribution < 1.29 is 34.4 Å². The molecule has 0 aromatic carbocycles. The van der Waals surface area contributed by atoms with Gasteiger partial charge in [-0.15, -0.1) is 6.58 Å². The maximum atomic E-state index is 13.6. The number of hydrogen-bond acceptors (Lipinski definition) is 7. The summed E-state index contributed by atoms with van der Waals surface area (Å²) in [6.45, 7) is 13.6. The summed E-state index contributed by atoms with van der Waals surface area (Å²) < 4.78 is 11.8. The number of ether oxygens (including phenoxy) is 2. The summed E-state index contributed by atoms with van der Waals surface area (Å²) in [6, 6.07) is 0. The van der Waals surface area contributed by atoms with Crippen molar-refractivity contribution >= 4 is 11.8 Å². The van der Waals surface area contributed by atoms with Crippen molar-refractivity contribution in [2.45, 2.75) is 95.9 Å². The van der Waals surface area contributed by atoms with Crippen LogP contribution in [0.2, 0.25) is 0 Å². The Morgan fingerprint density at radius 3 is 2.34 bits per heavy atom. The maximum Gasteiger partial charge on any atom is 0.303 e. The van der Waals surface area contributed by atoms with Gasteiger partial charge in [-0.3, -0.25) is 9.59 Å². The second-order valence-electron chi connectivity index (χ2n) is 10.4. The average Bonchev–Trinajstić information content (AvgIpc) is 2.59. The Balaban J connectivity index is 2.33. The van der Waals surface area contributed by atoms with Crippen molar-refractivity contribution in [2.24, 2.45) is 16.7 Å². The molecule has 164 valence electrons. The van der Waals surface area contributed by atoms with Crippen LogP contribution in [0.4, 0.5) is 0 Å². The number of fused-ring (bicyclic) bond motifs is 3. The standard InChI is InChI=1S/C22H34O7/c1-8-19(5)11-14(25)22(27)20(6)13(24)9-10-18(3,4)16(20)15(26)17(28-12(2)23)21(22,7)29-19/h8,13,15-17,24,26-27H,1,9-11H2,2-7H3/t13-,15-,16-,17-,19-,20-,21+,22?/m0/s1. The molecule has 0 bridgehead atoms. The van der Waals surface area contributed by atoms with Crippen LogP contribution in [0.15, 0.2) is 12.7 Å². The molecule has 2 aliphatic carbocycles. The zero-order chi connectivity index (χ0) is 22.2. The third-order valence-electron chi connectivity index (χ3n) is 8.02. The Kier molecular flexibility index (Phi) is 4.91. The predicted molar refractivity (Wildman–Crippen MR) is 105 cm³/mol. The van der Waals surface area contributed by atoms with Gasteiger partial charge in [0, 0.05) is 24.7 Å². The fourth-order valence-electron chi connectivity index (χ4n) is 6.66. The summed E-state index contributed by atoms with van der Waals surface area (Å²) in [5.41, 5.74) is -7.00. The quantitative estimate of drug-likeness (QED) is 0.467. The molecule has 29 heavy (non-hydrogen) atoms. The highest BCUT2D eigenvalue weighted by molar-refractivity contribution is 5.92. The molecule has 1 unspecified atom stereocenters. The molecule has 3 aliphatic rings. The topological polar surface area (TPSA) is 113 Å². The molecule has 1 aliphatic heterocycles. The van der Waals surface area contributed by atoms with Crippen molar-refractivity contribution in [3.63, 3.8) is 0 Å². The van der Waals surface area contributed by atoms with E-state index in [9.17, 15) is 24.9 Å². The molecule has 2 saturated carbocycles. The van der Waals surface area contributed by atoms with Gasteiger partial charge in [-0.2, -0.15) is 0 Å². The summed E-state index contributed by atoms with van der Waals surface area (Å²) in [7, 11) is 0. The molecule has 0 aromatic heterocycles. The van der Waals surface area contributed by atoms with Crippen LogP contribution >= 0.6 is 0 Å². The third kappa shape index (κ3) is 2.63. The van der Waals surface area contributed by atoms with Gasteiger partial charge >= 0.3 is 5.97 Å². The molecule has 0 radical (unpaired) electrons. The SMILES string of the molecule is C=C[C@@]1(C)CC(=O)C2(O)[C@@]3(C)[C@@H](O)CCC(C)(C)[C@@H]3[C@H](O)[C@H](OC(C)=O)[C@@]2(C)O1. The van der Waals surface area contributed by atoms with Crippen molar-refractivity contribution in [3.05, 3.63) is 12.7 Å². The lowest BCUT2D eigenvalue weighted by Gasteiger charge is -2.71. The molecule has 7 nitrogen and oxygen atoms in total. The maximum absolute atomic E-state index is 13.6. The zero-order valence-corrected chi connectivity index (χ0v) is 18.2. The summed E-state index contributed by atoms with van der Waals surface area (Å²) in [6.07, 6.45) is -1.29. The smallest absolute Gasteiger partial charge is 0.303 e. The van der Waals surface area contributed by atoms with Crippen LogP contribution in [0.25, 0.3) is 0 Å². The molecule has 3 rings (SSSR count). The Hall–Kier alpha value is -1.28. The van der Waals surface area contributed by atoms with Crippen LogP contribution in [0.3, 0.4) is 0 Å². The number of rotatable bonds is 2. The van der Waals surface area contributed by atoms with E-state index in [0.717, 1.165) is 0 Å². The summed E-state index contributed by atoms with van der Waals surface area (Å²) in [5.74, 6) is -1.87. The molecule has 0 spiro atoms. The van der Waals surface area contributed by atoms with Gasteiger partial charge < -0.3 is 24.8 Å².